The number of unbranched alkanes of at least 4 members (excludes halogenated alkanes) is 12. The van der Waals surface area contributed by atoms with Gasteiger partial charge < -0.3 is 10.1 Å². The van der Waals surface area contributed by atoms with Gasteiger partial charge in [-0.05, 0) is 36.6 Å². The minimum atomic E-state index is -3.70. The summed E-state index contributed by atoms with van der Waals surface area (Å²) in [5.74, 6) is -0.0450. The Bertz CT molecular complexity index is 805. The van der Waals surface area contributed by atoms with E-state index in [1.165, 1.54) is 51.4 Å². The number of ether oxygens (including phenoxy) is 1. The van der Waals surface area contributed by atoms with Gasteiger partial charge in [0, 0.05) is 32.4 Å². The van der Waals surface area contributed by atoms with Gasteiger partial charge in [-0.15, -0.1) is 5.10 Å². The van der Waals surface area contributed by atoms with Crippen molar-refractivity contribution in [3.8, 4) is 0 Å². The smallest absolute Gasteiger partial charge is 0.234 e. The number of hydrogen-bond donors (Lipinski definition) is 3. The van der Waals surface area contributed by atoms with E-state index in [2.05, 4.69) is 30.7 Å². The first-order valence-corrected chi connectivity index (χ1v) is 15.7. The summed E-state index contributed by atoms with van der Waals surface area (Å²) in [5, 5.41) is 16.5. The van der Waals surface area contributed by atoms with Crippen LogP contribution in [0.25, 0.3) is 0 Å². The monoisotopic (exact) mass is 544 g/mol. The molecule has 0 unspecified atom stereocenters. The van der Waals surface area contributed by atoms with Crippen LogP contribution in [0.3, 0.4) is 0 Å². The molecule has 1 aromatic rings. The molecule has 37 heavy (non-hydrogen) atoms. The number of rotatable bonds is 25. The summed E-state index contributed by atoms with van der Waals surface area (Å²) >= 11 is 0. The van der Waals surface area contributed by atoms with Crippen LogP contribution in [-0.4, -0.2) is 66.4 Å². The normalized spacial score (nSPS) is 11.5. The molecule has 0 spiro atoms. The van der Waals surface area contributed by atoms with E-state index in [-0.39, 0.29) is 30.9 Å². The SMILES string of the molecule is CCOCCNC(=O)CCCS(=O)(=O)NC(=O)CCCCCCCCCCCCCCCc1nnn[nH]1. The molecule has 0 aromatic carbocycles. The molecule has 3 N–H and O–H groups in total. The van der Waals surface area contributed by atoms with Gasteiger partial charge in [0.05, 0.1) is 12.4 Å². The van der Waals surface area contributed by atoms with Crippen molar-refractivity contribution < 1.29 is 22.7 Å². The van der Waals surface area contributed by atoms with Crippen molar-refractivity contribution in [1.82, 2.24) is 30.7 Å². The minimum absolute atomic E-state index is 0.102. The van der Waals surface area contributed by atoms with E-state index in [9.17, 15) is 18.0 Å². The molecule has 2 amide bonds. The second kappa shape index (κ2) is 22.0. The van der Waals surface area contributed by atoms with Crippen molar-refractivity contribution in [3.05, 3.63) is 5.82 Å². The third-order valence-electron chi connectivity index (χ3n) is 6.07. The summed E-state index contributed by atoms with van der Waals surface area (Å²) in [6.45, 7) is 3.29. The quantitative estimate of drug-likeness (QED) is 0.158. The second-order valence-electron chi connectivity index (χ2n) is 9.44. The van der Waals surface area contributed by atoms with E-state index in [0.29, 0.717) is 26.2 Å². The molecule has 0 bridgehead atoms. The van der Waals surface area contributed by atoms with Gasteiger partial charge in [0.25, 0.3) is 0 Å². The Kier molecular flexibility index (Phi) is 19.5. The van der Waals surface area contributed by atoms with E-state index in [1.807, 2.05) is 6.92 Å². The number of amides is 2. The summed E-state index contributed by atoms with van der Waals surface area (Å²) < 4.78 is 31.3. The summed E-state index contributed by atoms with van der Waals surface area (Å²) in [6.07, 6.45) is 16.5. The molecule has 0 aliphatic rings. The number of nitrogens with one attached hydrogen (secondary N) is 3. The molecule has 1 rings (SSSR count). The largest absolute Gasteiger partial charge is 0.380 e. The Morgan fingerprint density at radius 3 is 1.95 bits per heavy atom. The van der Waals surface area contributed by atoms with E-state index in [0.717, 1.165) is 37.9 Å². The van der Waals surface area contributed by atoms with Crippen LogP contribution in [0.4, 0.5) is 0 Å². The third kappa shape index (κ3) is 20.6. The van der Waals surface area contributed by atoms with Crippen LogP contribution in [0.2, 0.25) is 0 Å². The highest BCUT2D eigenvalue weighted by molar-refractivity contribution is 7.90. The molecule has 0 atom stereocenters. The van der Waals surface area contributed by atoms with Crippen molar-refractivity contribution in [2.75, 3.05) is 25.5 Å². The van der Waals surface area contributed by atoms with Crippen molar-refractivity contribution in [2.45, 2.75) is 116 Å². The molecule has 214 valence electrons. The average Bonchev–Trinajstić information content (AvgIpc) is 3.37. The van der Waals surface area contributed by atoms with Crippen molar-refractivity contribution in [1.29, 1.82) is 0 Å². The first kappa shape index (κ1) is 32.9. The van der Waals surface area contributed by atoms with Gasteiger partial charge in [-0.1, -0.05) is 70.6 Å². The predicted molar refractivity (Wildman–Crippen MR) is 143 cm³/mol. The first-order chi connectivity index (χ1) is 17.9. The Labute approximate surface area is 222 Å². The summed E-state index contributed by atoms with van der Waals surface area (Å²) in [7, 11) is -3.70. The number of tetrazole rings is 1. The number of aromatic nitrogens is 4. The lowest BCUT2D eigenvalue weighted by Crippen LogP contribution is -2.33. The fourth-order valence-corrected chi connectivity index (χ4v) is 5.08. The van der Waals surface area contributed by atoms with Crippen LogP contribution >= 0.6 is 0 Å². The van der Waals surface area contributed by atoms with Crippen LogP contribution in [0.15, 0.2) is 0 Å². The van der Waals surface area contributed by atoms with E-state index >= 15 is 0 Å². The molecule has 0 radical (unpaired) electrons. The van der Waals surface area contributed by atoms with Gasteiger partial charge in [0.15, 0.2) is 0 Å². The standard InChI is InChI=1S/C25H48N6O5S/c1-2-36-21-20-26-24(32)19-16-22-37(34,35)29-25(33)18-15-13-11-9-7-5-3-4-6-8-10-12-14-17-23-27-30-31-28-23/h2-22H2,1H3,(H,26,32)(H,29,33)(H,27,28,30,31). The zero-order chi connectivity index (χ0) is 27.0. The van der Waals surface area contributed by atoms with E-state index in [4.69, 9.17) is 4.74 Å². The lowest BCUT2D eigenvalue weighted by atomic mass is 10.0. The molecule has 0 saturated heterocycles. The van der Waals surface area contributed by atoms with Crippen LogP contribution in [0.5, 0.6) is 0 Å². The van der Waals surface area contributed by atoms with Gasteiger partial charge in [0.1, 0.15) is 5.82 Å². The first-order valence-electron chi connectivity index (χ1n) is 14.0. The maximum absolute atomic E-state index is 12.0. The second-order valence-corrected chi connectivity index (χ2v) is 11.3. The lowest BCUT2D eigenvalue weighted by molar-refractivity contribution is -0.121. The number of aryl methyl sites for hydroxylation is 1. The zero-order valence-electron chi connectivity index (χ0n) is 22.6. The topological polar surface area (TPSA) is 156 Å². The van der Waals surface area contributed by atoms with Crippen molar-refractivity contribution in [2.24, 2.45) is 0 Å². The Balaban J connectivity index is 1.86. The van der Waals surface area contributed by atoms with Gasteiger partial charge in [-0.2, -0.15) is 0 Å². The number of H-pyrrole nitrogens is 1. The fraction of sp³-hybridized carbons (Fsp3) is 0.880. The maximum Gasteiger partial charge on any atom is 0.234 e. The number of nitrogens with zero attached hydrogens (tertiary/aromatic N) is 3. The molecule has 1 heterocycles. The van der Waals surface area contributed by atoms with Gasteiger partial charge >= 0.3 is 0 Å². The Morgan fingerprint density at radius 2 is 1.38 bits per heavy atom. The van der Waals surface area contributed by atoms with Crippen LogP contribution in [0.1, 0.15) is 115 Å². The Hall–Kier alpha value is -2.08. The van der Waals surface area contributed by atoms with Gasteiger partial charge in [-0.25, -0.2) is 13.5 Å². The van der Waals surface area contributed by atoms with Crippen molar-refractivity contribution >= 4 is 21.8 Å². The van der Waals surface area contributed by atoms with Crippen LogP contribution < -0.4 is 10.0 Å². The number of sulfonamides is 1. The van der Waals surface area contributed by atoms with Crippen LogP contribution in [-0.2, 0) is 30.8 Å². The predicted octanol–water partition coefficient (Wildman–Crippen LogP) is 3.58. The summed E-state index contributed by atoms with van der Waals surface area (Å²) in [5.41, 5.74) is 0. The highest BCUT2D eigenvalue weighted by Gasteiger charge is 2.15. The minimum Gasteiger partial charge on any atom is -0.380 e. The van der Waals surface area contributed by atoms with Crippen molar-refractivity contribution in [3.63, 3.8) is 0 Å². The van der Waals surface area contributed by atoms with E-state index in [1.54, 1.807) is 0 Å². The van der Waals surface area contributed by atoms with Crippen LogP contribution in [0, 0.1) is 0 Å². The molecule has 0 fully saturated rings. The zero-order valence-corrected chi connectivity index (χ0v) is 23.5. The molecule has 11 nitrogen and oxygen atoms in total. The number of hydrogen-bond acceptors (Lipinski definition) is 8. The summed E-state index contributed by atoms with van der Waals surface area (Å²) in [6, 6.07) is 0. The molecule has 1 aromatic heterocycles. The maximum atomic E-state index is 12.0. The fourth-order valence-electron chi connectivity index (χ4n) is 4.00. The van der Waals surface area contributed by atoms with E-state index < -0.39 is 15.9 Å². The number of aromatic amines is 1. The molecule has 0 aliphatic heterocycles. The third-order valence-corrected chi connectivity index (χ3v) is 7.43. The number of carbonyl (C=O) groups is 2. The molecular weight excluding hydrogens is 496 g/mol. The molecular formula is C25H48N6O5S. The molecule has 0 saturated carbocycles. The Morgan fingerprint density at radius 1 is 0.811 bits per heavy atom. The molecule has 12 heteroatoms. The highest BCUT2D eigenvalue weighted by Crippen LogP contribution is 2.13. The highest BCUT2D eigenvalue weighted by atomic mass is 32.2. The van der Waals surface area contributed by atoms with Gasteiger partial charge in [-0.3, -0.25) is 14.3 Å². The molecule has 0 aliphatic carbocycles. The number of carbonyl (C=O) groups excluding carboxylic acids is 2. The summed E-state index contributed by atoms with van der Waals surface area (Å²) in [4.78, 5) is 23.6. The average molecular weight is 545 g/mol. The lowest BCUT2D eigenvalue weighted by Gasteiger charge is -2.08. The van der Waals surface area contributed by atoms with Gasteiger partial charge in [0.2, 0.25) is 21.8 Å².